The van der Waals surface area contributed by atoms with Crippen molar-refractivity contribution in [1.29, 1.82) is 0 Å². The highest BCUT2D eigenvalue weighted by Crippen LogP contribution is 1.84. The molecule has 0 saturated carbocycles. The molecule has 0 radical (unpaired) electrons. The summed E-state index contributed by atoms with van der Waals surface area (Å²) >= 11 is 0. The zero-order chi connectivity index (χ0) is 11.1. The minimum absolute atomic E-state index is 0. The van der Waals surface area contributed by atoms with Gasteiger partial charge < -0.3 is 10.6 Å². The first-order chi connectivity index (χ1) is 6.47. The predicted molar refractivity (Wildman–Crippen MR) is 61.8 cm³/mol. The Morgan fingerprint density at radius 3 is 2.20 bits per heavy atom. The Morgan fingerprint density at radius 2 is 1.80 bits per heavy atom. The van der Waals surface area contributed by atoms with Crippen LogP contribution in [0.15, 0.2) is 0 Å². The zero-order valence-corrected chi connectivity index (χ0v) is 10.5. The number of rotatable bonds is 5. The lowest BCUT2D eigenvalue weighted by atomic mass is 10.4. The number of hydrogen-bond acceptors (Lipinski definition) is 3. The molecule has 0 saturated heterocycles. The largest absolute Gasteiger partial charge is 0.347 e. The van der Waals surface area contributed by atoms with Crippen LogP contribution in [0.5, 0.6) is 0 Å². The van der Waals surface area contributed by atoms with E-state index >= 15 is 0 Å². The molecule has 6 heteroatoms. The highest BCUT2D eigenvalue weighted by molar-refractivity contribution is 5.85. The minimum Gasteiger partial charge on any atom is -0.347 e. The molecule has 0 aliphatic rings. The lowest BCUT2D eigenvalue weighted by Gasteiger charge is -2.20. The summed E-state index contributed by atoms with van der Waals surface area (Å²) in [6.45, 7) is 3.67. The van der Waals surface area contributed by atoms with Gasteiger partial charge in [0.2, 0.25) is 11.8 Å². The number of carbonyl (C=O) groups excluding carboxylic acids is 2. The van der Waals surface area contributed by atoms with E-state index in [9.17, 15) is 9.59 Å². The van der Waals surface area contributed by atoms with Crippen LogP contribution in [0.4, 0.5) is 0 Å². The van der Waals surface area contributed by atoms with Gasteiger partial charge in [-0.05, 0) is 21.0 Å². The van der Waals surface area contributed by atoms with Gasteiger partial charge in [0.05, 0.1) is 12.7 Å². The average molecular weight is 238 g/mol. The lowest BCUT2D eigenvalue weighted by Crippen LogP contribution is -2.46. The molecule has 0 heterocycles. The maximum atomic E-state index is 11.2. The highest BCUT2D eigenvalue weighted by Gasteiger charge is 2.08. The van der Waals surface area contributed by atoms with Crippen LogP contribution in [-0.2, 0) is 9.59 Å². The first kappa shape index (κ1) is 16.6. The van der Waals surface area contributed by atoms with Crippen molar-refractivity contribution in [3.63, 3.8) is 0 Å². The number of amides is 2. The standard InChI is InChI=1S/C9H19N3O2.ClH/c1-5-8(13)10-6-9(14)11-7(2)12(3)4;/h7H,5-6H2,1-4H3,(H,10,13)(H,11,14);1H. The van der Waals surface area contributed by atoms with Crippen molar-refractivity contribution in [2.45, 2.75) is 26.4 Å². The van der Waals surface area contributed by atoms with Gasteiger partial charge in [-0.25, -0.2) is 0 Å². The van der Waals surface area contributed by atoms with Gasteiger partial charge in [-0.15, -0.1) is 12.4 Å². The van der Waals surface area contributed by atoms with Crippen LogP contribution in [-0.4, -0.2) is 43.5 Å². The van der Waals surface area contributed by atoms with Crippen molar-refractivity contribution in [2.75, 3.05) is 20.6 Å². The molecule has 1 atom stereocenters. The molecular weight excluding hydrogens is 218 g/mol. The average Bonchev–Trinajstić information content (AvgIpc) is 2.13. The summed E-state index contributed by atoms with van der Waals surface area (Å²) in [5.41, 5.74) is 0. The monoisotopic (exact) mass is 237 g/mol. The maximum Gasteiger partial charge on any atom is 0.240 e. The number of nitrogens with one attached hydrogen (secondary N) is 2. The Kier molecular flexibility index (Phi) is 9.41. The van der Waals surface area contributed by atoms with Crippen molar-refractivity contribution < 1.29 is 9.59 Å². The van der Waals surface area contributed by atoms with E-state index in [1.165, 1.54) is 0 Å². The third kappa shape index (κ3) is 8.20. The fourth-order valence-corrected chi connectivity index (χ4v) is 0.717. The summed E-state index contributed by atoms with van der Waals surface area (Å²) in [4.78, 5) is 23.9. The van der Waals surface area contributed by atoms with E-state index in [1.54, 1.807) is 6.92 Å². The van der Waals surface area contributed by atoms with Crippen LogP contribution >= 0.6 is 12.4 Å². The molecule has 0 aliphatic heterocycles. The smallest absolute Gasteiger partial charge is 0.240 e. The lowest BCUT2D eigenvalue weighted by molar-refractivity contribution is -0.126. The molecular formula is C9H20ClN3O2. The highest BCUT2D eigenvalue weighted by atomic mass is 35.5. The van der Waals surface area contributed by atoms with Crippen LogP contribution in [0.25, 0.3) is 0 Å². The number of hydrogen-bond donors (Lipinski definition) is 2. The Bertz CT molecular complexity index is 210. The molecule has 0 aromatic heterocycles. The van der Waals surface area contributed by atoms with E-state index < -0.39 is 0 Å². The Balaban J connectivity index is 0. The van der Waals surface area contributed by atoms with Gasteiger partial charge in [0, 0.05) is 6.42 Å². The van der Waals surface area contributed by atoms with Gasteiger partial charge in [0.25, 0.3) is 0 Å². The summed E-state index contributed by atoms with van der Waals surface area (Å²) in [5.74, 6) is -0.286. The van der Waals surface area contributed by atoms with E-state index in [0.29, 0.717) is 6.42 Å². The molecule has 0 aromatic carbocycles. The number of nitrogens with zero attached hydrogens (tertiary/aromatic N) is 1. The van der Waals surface area contributed by atoms with E-state index in [2.05, 4.69) is 10.6 Å². The normalized spacial score (nSPS) is 11.5. The van der Waals surface area contributed by atoms with Crippen molar-refractivity contribution >= 4 is 24.2 Å². The summed E-state index contributed by atoms with van der Waals surface area (Å²) in [6, 6.07) is 0. The molecule has 5 nitrogen and oxygen atoms in total. The first-order valence-corrected chi connectivity index (χ1v) is 4.69. The molecule has 0 fully saturated rings. The van der Waals surface area contributed by atoms with Crippen molar-refractivity contribution in [2.24, 2.45) is 0 Å². The maximum absolute atomic E-state index is 11.2. The Morgan fingerprint density at radius 1 is 1.27 bits per heavy atom. The molecule has 2 N–H and O–H groups in total. The molecule has 0 aromatic rings. The molecule has 0 rings (SSSR count). The fraction of sp³-hybridized carbons (Fsp3) is 0.778. The topological polar surface area (TPSA) is 61.4 Å². The molecule has 15 heavy (non-hydrogen) atoms. The van der Waals surface area contributed by atoms with Crippen LogP contribution < -0.4 is 10.6 Å². The van der Waals surface area contributed by atoms with Gasteiger partial charge in [-0.1, -0.05) is 6.92 Å². The molecule has 1 unspecified atom stereocenters. The summed E-state index contributed by atoms with van der Waals surface area (Å²) in [6.07, 6.45) is 0.372. The SMILES string of the molecule is CCC(=O)NCC(=O)NC(C)N(C)C.Cl. The molecule has 90 valence electrons. The third-order valence-corrected chi connectivity index (χ3v) is 1.91. The summed E-state index contributed by atoms with van der Waals surface area (Å²) in [5, 5.41) is 5.24. The quantitative estimate of drug-likeness (QED) is 0.660. The number of carbonyl (C=O) groups is 2. The predicted octanol–water partition coefficient (Wildman–Crippen LogP) is -0.0418. The van der Waals surface area contributed by atoms with Crippen molar-refractivity contribution in [3.8, 4) is 0 Å². The minimum atomic E-state index is -0.173. The van der Waals surface area contributed by atoms with Gasteiger partial charge in [-0.3, -0.25) is 14.5 Å². The zero-order valence-electron chi connectivity index (χ0n) is 9.66. The number of halogens is 1. The van der Waals surface area contributed by atoms with Crippen molar-refractivity contribution in [3.05, 3.63) is 0 Å². The molecule has 0 bridgehead atoms. The van der Waals surface area contributed by atoms with E-state index in [-0.39, 0.29) is 36.9 Å². The summed E-state index contributed by atoms with van der Waals surface area (Å²) < 4.78 is 0. The Labute approximate surface area is 97.0 Å². The van der Waals surface area contributed by atoms with Gasteiger partial charge in [-0.2, -0.15) is 0 Å². The molecule has 0 aliphatic carbocycles. The van der Waals surface area contributed by atoms with E-state index in [1.807, 2.05) is 25.9 Å². The second-order valence-corrected chi connectivity index (χ2v) is 3.34. The van der Waals surface area contributed by atoms with Gasteiger partial charge in [0.1, 0.15) is 0 Å². The second kappa shape index (κ2) is 8.49. The third-order valence-electron chi connectivity index (χ3n) is 1.91. The summed E-state index contributed by atoms with van der Waals surface area (Å²) in [7, 11) is 3.74. The van der Waals surface area contributed by atoms with Crippen LogP contribution in [0, 0.1) is 0 Å². The van der Waals surface area contributed by atoms with E-state index in [0.717, 1.165) is 0 Å². The van der Waals surface area contributed by atoms with Gasteiger partial charge >= 0.3 is 0 Å². The Hall–Kier alpha value is -0.810. The fourth-order valence-electron chi connectivity index (χ4n) is 0.717. The van der Waals surface area contributed by atoms with Crippen LogP contribution in [0.1, 0.15) is 20.3 Å². The van der Waals surface area contributed by atoms with Crippen LogP contribution in [0.3, 0.4) is 0 Å². The second-order valence-electron chi connectivity index (χ2n) is 3.34. The van der Waals surface area contributed by atoms with Crippen molar-refractivity contribution in [1.82, 2.24) is 15.5 Å². The molecule has 0 spiro atoms. The first-order valence-electron chi connectivity index (χ1n) is 4.69. The molecule has 2 amide bonds. The van der Waals surface area contributed by atoms with Crippen LogP contribution in [0.2, 0.25) is 0 Å². The van der Waals surface area contributed by atoms with Gasteiger partial charge in [0.15, 0.2) is 0 Å². The van der Waals surface area contributed by atoms with E-state index in [4.69, 9.17) is 0 Å².